The average Bonchev–Trinajstić information content (AvgIpc) is 3.80. The van der Waals surface area contributed by atoms with E-state index in [1.54, 1.807) is 0 Å². The van der Waals surface area contributed by atoms with Crippen molar-refractivity contribution in [1.29, 1.82) is 0 Å². The monoisotopic (exact) mass is 540 g/mol. The number of benzene rings is 3. The summed E-state index contributed by atoms with van der Waals surface area (Å²) in [5, 5.41) is 0. The van der Waals surface area contributed by atoms with Crippen molar-refractivity contribution in [3.63, 3.8) is 0 Å². The van der Waals surface area contributed by atoms with Gasteiger partial charge in [0.15, 0.2) is 5.79 Å². The van der Waals surface area contributed by atoms with Gasteiger partial charge >= 0.3 is 0 Å². The molecule has 3 aromatic rings. The fourth-order valence-electron chi connectivity index (χ4n) is 8.32. The standard InChI is InChI=1S/C35H36N6/c1-32-26-8-5-10-28(20-26)33(2)30-12-7-13-31(22-30)34(3,29-11-6-9-27(32)21-29)38-16-19-41(25-38)35(4,39-17-14-36(32)23-39)40-18-15-37(33)24-40/h5-22H,23-25H2,1-4H3. The molecule has 0 aromatic heterocycles. The Morgan fingerprint density at radius 2 is 0.634 bits per heavy atom. The second kappa shape index (κ2) is 7.30. The zero-order valence-corrected chi connectivity index (χ0v) is 24.2. The predicted octanol–water partition coefficient (Wildman–Crippen LogP) is 5.63. The minimum Gasteiger partial charge on any atom is -0.345 e. The maximum absolute atomic E-state index is 2.54. The third-order valence-corrected chi connectivity index (χ3v) is 11.5. The normalized spacial score (nSPS) is 33.4. The van der Waals surface area contributed by atoms with Crippen LogP contribution in [0.2, 0.25) is 0 Å². The highest BCUT2D eigenvalue weighted by Gasteiger charge is 2.53. The molecule has 6 aliphatic heterocycles. The zero-order valence-electron chi connectivity index (χ0n) is 24.2. The summed E-state index contributed by atoms with van der Waals surface area (Å²) in [6.45, 7) is 12.0. The largest absolute Gasteiger partial charge is 0.345 e. The molecule has 0 unspecified atom stereocenters. The van der Waals surface area contributed by atoms with E-state index in [4.69, 9.17) is 0 Å². The maximum atomic E-state index is 2.54. The van der Waals surface area contributed by atoms with Crippen LogP contribution < -0.4 is 0 Å². The Kier molecular flexibility index (Phi) is 4.16. The van der Waals surface area contributed by atoms with E-state index in [0.717, 1.165) is 20.0 Å². The smallest absolute Gasteiger partial charge is 0.192 e. The molecule has 10 rings (SSSR count). The van der Waals surface area contributed by atoms with Crippen LogP contribution in [0.5, 0.6) is 0 Å². The van der Waals surface area contributed by atoms with E-state index in [0.29, 0.717) is 0 Å². The fraction of sp³-hybridized carbons (Fsp3) is 0.314. The van der Waals surface area contributed by atoms with Gasteiger partial charge < -0.3 is 29.4 Å². The molecule has 0 atom stereocenters. The summed E-state index contributed by atoms with van der Waals surface area (Å²) in [5.74, 6) is -0.419. The Balaban J connectivity index is 1.50. The van der Waals surface area contributed by atoms with Gasteiger partial charge in [-0.05, 0) is 61.1 Å². The molecule has 0 fully saturated rings. The molecule has 41 heavy (non-hydrogen) atoms. The van der Waals surface area contributed by atoms with Gasteiger partial charge in [-0.2, -0.15) is 0 Å². The summed E-state index contributed by atoms with van der Waals surface area (Å²) in [6.07, 6.45) is 13.9. The summed E-state index contributed by atoms with van der Waals surface area (Å²) >= 11 is 0. The van der Waals surface area contributed by atoms with E-state index in [1.165, 1.54) is 33.4 Å². The van der Waals surface area contributed by atoms with E-state index in [9.17, 15) is 0 Å². The molecule has 0 amide bonds. The van der Waals surface area contributed by atoms with Crippen LogP contribution in [0, 0.1) is 0 Å². The Bertz CT molecular complexity index is 1450. The van der Waals surface area contributed by atoms with Crippen LogP contribution in [0.4, 0.5) is 0 Å². The Morgan fingerprint density at radius 1 is 0.390 bits per heavy atom. The molecule has 0 saturated carbocycles. The third-order valence-electron chi connectivity index (χ3n) is 11.5. The van der Waals surface area contributed by atoms with Gasteiger partial charge in [-0.15, -0.1) is 0 Å². The first-order chi connectivity index (χ1) is 19.8. The molecule has 0 radical (unpaired) electrons. The van der Waals surface area contributed by atoms with E-state index in [-0.39, 0.29) is 16.6 Å². The van der Waals surface area contributed by atoms with Gasteiger partial charge in [-0.1, -0.05) is 72.8 Å². The van der Waals surface area contributed by atoms with Crippen molar-refractivity contribution in [2.45, 2.75) is 50.1 Å². The molecule has 7 aliphatic rings. The highest BCUT2D eigenvalue weighted by molar-refractivity contribution is 5.52. The van der Waals surface area contributed by atoms with Gasteiger partial charge in [-0.3, -0.25) is 0 Å². The first kappa shape index (κ1) is 23.4. The SMILES string of the molecule is CC12c3cccc(c3)C3(C)c4cccc(c4)C(C)(c4cccc1c4)N1C=CN(C1)C(C)(N1C=CN2C1)N1C=CN3C1. The maximum Gasteiger partial charge on any atom is 0.192 e. The molecule has 16 bridgehead atoms. The van der Waals surface area contributed by atoms with Crippen molar-refractivity contribution in [3.8, 4) is 0 Å². The van der Waals surface area contributed by atoms with Crippen molar-refractivity contribution >= 4 is 0 Å². The lowest BCUT2D eigenvalue weighted by Gasteiger charge is -2.55. The highest BCUT2D eigenvalue weighted by Crippen LogP contribution is 2.50. The van der Waals surface area contributed by atoms with Crippen LogP contribution in [0.15, 0.2) is 110 Å². The Labute approximate surface area is 242 Å². The van der Waals surface area contributed by atoms with Crippen LogP contribution in [0.3, 0.4) is 0 Å². The van der Waals surface area contributed by atoms with E-state index >= 15 is 0 Å². The summed E-state index contributed by atoms with van der Waals surface area (Å²) in [6, 6.07) is 28.2. The molecular formula is C35H36N6. The van der Waals surface area contributed by atoms with E-state index in [1.807, 2.05) is 0 Å². The highest BCUT2D eigenvalue weighted by atomic mass is 15.6. The van der Waals surface area contributed by atoms with Crippen molar-refractivity contribution in [2.24, 2.45) is 0 Å². The summed E-state index contributed by atoms with van der Waals surface area (Å²) < 4.78 is 0. The lowest BCUT2D eigenvalue weighted by atomic mass is 9.73. The molecule has 1 aliphatic carbocycles. The molecule has 3 aromatic carbocycles. The van der Waals surface area contributed by atoms with Crippen LogP contribution in [-0.2, 0) is 16.6 Å². The van der Waals surface area contributed by atoms with Crippen molar-refractivity contribution in [1.82, 2.24) is 29.4 Å². The summed E-state index contributed by atoms with van der Waals surface area (Å²) in [4.78, 5) is 15.2. The molecule has 6 heteroatoms. The van der Waals surface area contributed by atoms with Crippen molar-refractivity contribution in [2.75, 3.05) is 20.0 Å². The van der Waals surface area contributed by atoms with E-state index < -0.39 is 5.79 Å². The average molecular weight is 541 g/mol. The molecular weight excluding hydrogens is 504 g/mol. The third kappa shape index (κ3) is 2.60. The first-order valence-corrected chi connectivity index (χ1v) is 14.8. The Morgan fingerprint density at radius 3 is 0.902 bits per heavy atom. The lowest BCUT2D eigenvalue weighted by Crippen LogP contribution is -2.66. The number of hydrogen-bond acceptors (Lipinski definition) is 6. The predicted molar refractivity (Wildman–Crippen MR) is 160 cm³/mol. The van der Waals surface area contributed by atoms with Crippen molar-refractivity contribution in [3.05, 3.63) is 143 Å². The van der Waals surface area contributed by atoms with Gasteiger partial charge in [0.25, 0.3) is 0 Å². The van der Waals surface area contributed by atoms with Crippen molar-refractivity contribution < 1.29 is 0 Å². The van der Waals surface area contributed by atoms with Gasteiger partial charge in [0.05, 0.1) is 36.6 Å². The van der Waals surface area contributed by atoms with Gasteiger partial charge in [-0.25, -0.2) is 0 Å². The number of rotatable bonds is 0. The van der Waals surface area contributed by atoms with Crippen LogP contribution in [-0.4, -0.2) is 55.2 Å². The summed E-state index contributed by atoms with van der Waals surface area (Å²) in [7, 11) is 0. The van der Waals surface area contributed by atoms with E-state index in [2.05, 4.69) is 167 Å². The molecule has 0 saturated heterocycles. The Hall–Kier alpha value is -4.32. The van der Waals surface area contributed by atoms with Gasteiger partial charge in [0.1, 0.15) is 0 Å². The molecule has 6 heterocycles. The lowest BCUT2D eigenvalue weighted by molar-refractivity contribution is -0.123. The molecule has 0 N–H and O–H groups in total. The summed E-state index contributed by atoms with van der Waals surface area (Å²) in [5.41, 5.74) is 6.73. The second-order valence-electron chi connectivity index (χ2n) is 13.1. The first-order valence-electron chi connectivity index (χ1n) is 14.8. The minimum absolute atomic E-state index is 0.375. The number of hydrogen-bond donors (Lipinski definition) is 0. The molecule has 0 spiro atoms. The second-order valence-corrected chi connectivity index (χ2v) is 13.1. The van der Waals surface area contributed by atoms with Gasteiger partial charge in [0.2, 0.25) is 0 Å². The van der Waals surface area contributed by atoms with Crippen LogP contribution in [0.25, 0.3) is 0 Å². The van der Waals surface area contributed by atoms with Crippen LogP contribution in [0.1, 0.15) is 61.1 Å². The van der Waals surface area contributed by atoms with Gasteiger partial charge in [0, 0.05) is 37.2 Å². The fourth-order valence-corrected chi connectivity index (χ4v) is 8.32. The minimum atomic E-state index is -0.419. The molecule has 206 valence electrons. The van der Waals surface area contributed by atoms with Crippen LogP contribution >= 0.6 is 0 Å². The zero-order chi connectivity index (χ0) is 27.8. The molecule has 6 nitrogen and oxygen atoms in total. The number of nitrogens with zero attached hydrogens (tertiary/aromatic N) is 6. The quantitative estimate of drug-likeness (QED) is 0.366. The topological polar surface area (TPSA) is 19.4 Å².